The third kappa shape index (κ3) is 1.79. The summed E-state index contributed by atoms with van der Waals surface area (Å²) in [4.78, 5) is 27.8. The van der Waals surface area contributed by atoms with Crippen molar-refractivity contribution >= 4 is 12.2 Å². The van der Waals surface area contributed by atoms with E-state index in [-0.39, 0.29) is 5.41 Å². The van der Waals surface area contributed by atoms with Crippen molar-refractivity contribution in [2.24, 2.45) is 27.2 Å². The summed E-state index contributed by atoms with van der Waals surface area (Å²) in [5, 5.41) is 0. The highest BCUT2D eigenvalue weighted by Crippen LogP contribution is 2.56. The Morgan fingerprint density at radius 1 is 1.13 bits per heavy atom. The van der Waals surface area contributed by atoms with Gasteiger partial charge in [0, 0.05) is 5.41 Å². The number of nitrogens with zero attached hydrogens (tertiary/aromatic N) is 2. The molecule has 0 saturated heterocycles. The van der Waals surface area contributed by atoms with E-state index in [0.29, 0.717) is 19.0 Å². The summed E-state index contributed by atoms with van der Waals surface area (Å²) in [5.41, 5.74) is -0.0439. The Kier molecular flexibility index (Phi) is 2.81. The number of carbonyl (C=O) groups excluding carboxylic acids is 2. The third-order valence-electron chi connectivity index (χ3n) is 4.02. The van der Waals surface area contributed by atoms with Crippen LogP contribution in [0.3, 0.4) is 0 Å². The van der Waals surface area contributed by atoms with Crippen LogP contribution in [-0.4, -0.2) is 25.2 Å². The zero-order valence-electron chi connectivity index (χ0n) is 8.61. The van der Waals surface area contributed by atoms with Gasteiger partial charge in [-0.1, -0.05) is 6.42 Å². The molecule has 0 heterocycles. The average Bonchev–Trinajstić information content (AvgIpc) is 2.84. The standard InChI is InChI=1S/C11H14N2O2/c14-7-12-5-11(6-13-8-15)4-9-1-2-10(11)3-9/h9-10H,1-6H2. The molecule has 0 aliphatic heterocycles. The van der Waals surface area contributed by atoms with E-state index in [4.69, 9.17) is 0 Å². The second kappa shape index (κ2) is 4.09. The second-order valence-corrected chi connectivity index (χ2v) is 4.76. The predicted molar refractivity (Wildman–Crippen MR) is 53.9 cm³/mol. The molecule has 4 heteroatoms. The number of hydrogen-bond acceptors (Lipinski definition) is 4. The van der Waals surface area contributed by atoms with Crippen molar-refractivity contribution < 1.29 is 9.59 Å². The van der Waals surface area contributed by atoms with E-state index in [0.717, 1.165) is 12.3 Å². The quantitative estimate of drug-likeness (QED) is 0.516. The normalized spacial score (nSPS) is 37.1. The first-order valence-electron chi connectivity index (χ1n) is 5.38. The van der Waals surface area contributed by atoms with E-state index >= 15 is 0 Å². The molecular formula is C11H14N2O2. The van der Waals surface area contributed by atoms with Gasteiger partial charge in [0.05, 0.1) is 13.1 Å². The van der Waals surface area contributed by atoms with Crippen LogP contribution < -0.4 is 0 Å². The Balaban J connectivity index is 2.15. The number of isocyanates is 2. The topological polar surface area (TPSA) is 58.9 Å². The fraction of sp³-hybridized carbons (Fsp3) is 0.818. The number of aliphatic imine (C=N–C) groups is 2. The van der Waals surface area contributed by atoms with Crippen LogP contribution >= 0.6 is 0 Å². The van der Waals surface area contributed by atoms with Gasteiger partial charge in [-0.15, -0.1) is 0 Å². The van der Waals surface area contributed by atoms with Gasteiger partial charge in [-0.25, -0.2) is 19.6 Å². The smallest absolute Gasteiger partial charge is 0.211 e. The van der Waals surface area contributed by atoms with Crippen LogP contribution in [0.1, 0.15) is 25.7 Å². The first-order valence-corrected chi connectivity index (χ1v) is 5.38. The molecule has 0 amide bonds. The molecule has 0 aromatic heterocycles. The summed E-state index contributed by atoms with van der Waals surface area (Å²) < 4.78 is 0. The Morgan fingerprint density at radius 2 is 1.80 bits per heavy atom. The van der Waals surface area contributed by atoms with Gasteiger partial charge in [0.25, 0.3) is 0 Å². The zero-order chi connectivity index (χ0) is 10.7. The van der Waals surface area contributed by atoms with Crippen LogP contribution in [0.4, 0.5) is 0 Å². The molecule has 2 bridgehead atoms. The molecule has 2 rings (SSSR count). The summed E-state index contributed by atoms with van der Waals surface area (Å²) >= 11 is 0. The van der Waals surface area contributed by atoms with E-state index in [1.165, 1.54) is 19.3 Å². The maximum atomic E-state index is 10.2. The van der Waals surface area contributed by atoms with Crippen molar-refractivity contribution in [2.75, 3.05) is 13.1 Å². The van der Waals surface area contributed by atoms with Crippen molar-refractivity contribution in [2.45, 2.75) is 25.7 Å². The van der Waals surface area contributed by atoms with E-state index in [2.05, 4.69) is 9.98 Å². The Morgan fingerprint density at radius 3 is 2.20 bits per heavy atom. The minimum Gasteiger partial charge on any atom is -0.211 e. The molecule has 80 valence electrons. The van der Waals surface area contributed by atoms with Crippen LogP contribution in [0.15, 0.2) is 9.98 Å². The first kappa shape index (κ1) is 10.3. The van der Waals surface area contributed by atoms with Crippen LogP contribution in [0.5, 0.6) is 0 Å². The highest BCUT2D eigenvalue weighted by molar-refractivity contribution is 5.34. The van der Waals surface area contributed by atoms with Gasteiger partial charge >= 0.3 is 0 Å². The lowest BCUT2D eigenvalue weighted by molar-refractivity contribution is 0.184. The Hall–Kier alpha value is -1.24. The highest BCUT2D eigenvalue weighted by atomic mass is 16.1. The lowest BCUT2D eigenvalue weighted by Crippen LogP contribution is -2.34. The van der Waals surface area contributed by atoms with Crippen LogP contribution in [-0.2, 0) is 9.59 Å². The van der Waals surface area contributed by atoms with E-state index < -0.39 is 0 Å². The molecule has 0 spiro atoms. The van der Waals surface area contributed by atoms with Crippen molar-refractivity contribution in [1.82, 2.24) is 0 Å². The lowest BCUT2D eigenvalue weighted by atomic mass is 9.73. The molecule has 15 heavy (non-hydrogen) atoms. The maximum Gasteiger partial charge on any atom is 0.234 e. The molecule has 0 aromatic carbocycles. The van der Waals surface area contributed by atoms with Gasteiger partial charge in [0.2, 0.25) is 12.2 Å². The van der Waals surface area contributed by atoms with Gasteiger partial charge in [-0.3, -0.25) is 0 Å². The van der Waals surface area contributed by atoms with Gasteiger partial charge in [-0.2, -0.15) is 0 Å². The van der Waals surface area contributed by atoms with E-state index in [9.17, 15) is 9.59 Å². The summed E-state index contributed by atoms with van der Waals surface area (Å²) in [7, 11) is 0. The third-order valence-corrected chi connectivity index (χ3v) is 4.02. The second-order valence-electron chi connectivity index (χ2n) is 4.76. The van der Waals surface area contributed by atoms with Crippen molar-refractivity contribution in [3.05, 3.63) is 0 Å². The van der Waals surface area contributed by atoms with Crippen molar-refractivity contribution in [3.63, 3.8) is 0 Å². The molecule has 4 nitrogen and oxygen atoms in total. The summed E-state index contributed by atoms with van der Waals surface area (Å²) in [5.74, 6) is 1.33. The van der Waals surface area contributed by atoms with Gasteiger partial charge in [-0.05, 0) is 31.1 Å². The van der Waals surface area contributed by atoms with E-state index in [1.807, 2.05) is 0 Å². The number of hydrogen-bond donors (Lipinski definition) is 0. The largest absolute Gasteiger partial charge is 0.234 e. The van der Waals surface area contributed by atoms with Gasteiger partial charge < -0.3 is 0 Å². The summed E-state index contributed by atoms with van der Waals surface area (Å²) in [6, 6.07) is 0. The molecule has 0 N–H and O–H groups in total. The number of fused-ring (bicyclic) bond motifs is 2. The molecular weight excluding hydrogens is 192 g/mol. The molecule has 2 atom stereocenters. The van der Waals surface area contributed by atoms with Crippen LogP contribution in [0.2, 0.25) is 0 Å². The predicted octanol–water partition coefficient (Wildman–Crippen LogP) is 1.46. The Labute approximate surface area is 88.5 Å². The minimum atomic E-state index is -0.0439. The maximum absolute atomic E-state index is 10.2. The summed E-state index contributed by atoms with van der Waals surface area (Å²) in [6.07, 6.45) is 7.91. The molecule has 2 fully saturated rings. The summed E-state index contributed by atoms with van der Waals surface area (Å²) in [6.45, 7) is 0.950. The lowest BCUT2D eigenvalue weighted by Gasteiger charge is -2.34. The zero-order valence-corrected chi connectivity index (χ0v) is 8.61. The van der Waals surface area contributed by atoms with Crippen LogP contribution in [0.25, 0.3) is 0 Å². The van der Waals surface area contributed by atoms with Gasteiger partial charge in [0.15, 0.2) is 0 Å². The molecule has 2 saturated carbocycles. The Bertz CT molecular complexity index is 320. The fourth-order valence-electron chi connectivity index (χ4n) is 3.37. The van der Waals surface area contributed by atoms with Crippen LogP contribution in [0, 0.1) is 17.3 Å². The first-order chi connectivity index (χ1) is 7.30. The SMILES string of the molecule is O=C=NCC1(CN=C=O)CC2CCC1C2. The monoisotopic (exact) mass is 206 g/mol. The number of rotatable bonds is 4. The molecule has 2 aliphatic rings. The fourth-order valence-corrected chi connectivity index (χ4v) is 3.37. The minimum absolute atomic E-state index is 0.0439. The van der Waals surface area contributed by atoms with Gasteiger partial charge in [0.1, 0.15) is 0 Å². The van der Waals surface area contributed by atoms with Crippen molar-refractivity contribution in [3.8, 4) is 0 Å². The van der Waals surface area contributed by atoms with E-state index in [1.54, 1.807) is 12.2 Å². The molecule has 0 aromatic rings. The average molecular weight is 206 g/mol. The highest BCUT2D eigenvalue weighted by Gasteiger charge is 2.50. The molecule has 2 unspecified atom stereocenters. The molecule has 2 aliphatic carbocycles. The van der Waals surface area contributed by atoms with Crippen molar-refractivity contribution in [1.29, 1.82) is 0 Å². The molecule has 0 radical (unpaired) electrons.